The smallest absolute Gasteiger partial charge is 0.320 e. The highest BCUT2D eigenvalue weighted by Crippen LogP contribution is 2.33. The molecule has 0 fully saturated rings. The lowest BCUT2D eigenvalue weighted by Gasteiger charge is -2.17. The van der Waals surface area contributed by atoms with Crippen molar-refractivity contribution >= 4 is 45.3 Å². The van der Waals surface area contributed by atoms with Crippen molar-refractivity contribution < 1.29 is 24.2 Å². The first-order chi connectivity index (χ1) is 14.8. The van der Waals surface area contributed by atoms with Gasteiger partial charge in [-0.15, -0.1) is 0 Å². The lowest BCUT2D eigenvalue weighted by atomic mass is 10.1. The molecule has 1 atom stereocenters. The number of halogens is 1. The van der Waals surface area contributed by atoms with Gasteiger partial charge in [0.25, 0.3) is 5.91 Å². The van der Waals surface area contributed by atoms with Gasteiger partial charge in [0, 0.05) is 16.7 Å². The summed E-state index contributed by atoms with van der Waals surface area (Å²) in [4.78, 5) is 23.6. The minimum Gasteiger partial charge on any atom is -0.493 e. The van der Waals surface area contributed by atoms with Crippen LogP contribution in [0.25, 0.3) is 0 Å². The third-order valence-electron chi connectivity index (χ3n) is 4.47. The van der Waals surface area contributed by atoms with E-state index >= 15 is 0 Å². The summed E-state index contributed by atoms with van der Waals surface area (Å²) in [5.74, 6) is 0.460. The fourth-order valence-electron chi connectivity index (χ4n) is 2.74. The molecule has 1 amide bonds. The van der Waals surface area contributed by atoms with Crippen LogP contribution in [0.5, 0.6) is 11.5 Å². The number of anilines is 1. The van der Waals surface area contributed by atoms with E-state index in [0.29, 0.717) is 30.2 Å². The van der Waals surface area contributed by atoms with Gasteiger partial charge < -0.3 is 25.2 Å². The Balaban J connectivity index is 2.00. The van der Waals surface area contributed by atoms with Gasteiger partial charge in [0.05, 0.1) is 7.11 Å². The molecule has 31 heavy (non-hydrogen) atoms. The lowest BCUT2D eigenvalue weighted by Crippen LogP contribution is -2.36. The van der Waals surface area contributed by atoms with Crippen LogP contribution in [0.1, 0.15) is 17.5 Å². The first-order valence-electron chi connectivity index (χ1n) is 9.65. The molecule has 0 heterocycles. The molecule has 168 valence electrons. The first kappa shape index (κ1) is 25.0. The summed E-state index contributed by atoms with van der Waals surface area (Å²) in [6.45, 7) is 2.14. The zero-order valence-corrected chi connectivity index (χ0v) is 20.1. The molecule has 3 N–H and O–H groups in total. The number of thioether (sulfide) groups is 1. The molecule has 2 aromatic rings. The number of amides is 1. The van der Waals surface area contributed by atoms with Crippen LogP contribution < -0.4 is 20.1 Å². The van der Waals surface area contributed by atoms with Crippen molar-refractivity contribution in [1.29, 1.82) is 0 Å². The molecule has 0 bridgehead atoms. The molecule has 0 radical (unpaired) electrons. The number of ether oxygens (including phenoxy) is 2. The standard InChI is InChI=1S/C22H27BrN2O5S/c1-14-4-6-16(7-5-14)25-21(26)13-30-20-11-17(23)15(10-19(20)29-2)12-24-18(22(27)28)8-9-31-3/h4-7,10-11,18,24H,8-9,12-13H2,1-3H3,(H,25,26)(H,27,28). The molecule has 0 saturated heterocycles. The van der Waals surface area contributed by atoms with E-state index in [0.717, 1.165) is 21.4 Å². The zero-order chi connectivity index (χ0) is 22.8. The number of carbonyl (C=O) groups excluding carboxylic acids is 1. The van der Waals surface area contributed by atoms with E-state index in [-0.39, 0.29) is 12.5 Å². The van der Waals surface area contributed by atoms with Gasteiger partial charge in [-0.25, -0.2) is 0 Å². The number of aryl methyl sites for hydroxylation is 1. The molecular formula is C22H27BrN2O5S. The van der Waals surface area contributed by atoms with Gasteiger partial charge in [-0.1, -0.05) is 33.6 Å². The van der Waals surface area contributed by atoms with Crippen LogP contribution in [0.15, 0.2) is 40.9 Å². The Bertz CT molecular complexity index is 892. The van der Waals surface area contributed by atoms with Gasteiger partial charge in [-0.2, -0.15) is 11.8 Å². The second-order valence-electron chi connectivity index (χ2n) is 6.85. The van der Waals surface area contributed by atoms with Crippen LogP contribution in [0.3, 0.4) is 0 Å². The van der Waals surface area contributed by atoms with Crippen LogP contribution in [-0.2, 0) is 16.1 Å². The third kappa shape index (κ3) is 8.08. The fraction of sp³-hybridized carbons (Fsp3) is 0.364. The van der Waals surface area contributed by atoms with Crippen molar-refractivity contribution in [3.63, 3.8) is 0 Å². The first-order valence-corrected chi connectivity index (χ1v) is 11.8. The number of aliphatic carboxylic acids is 1. The van der Waals surface area contributed by atoms with E-state index in [9.17, 15) is 14.7 Å². The summed E-state index contributed by atoms with van der Waals surface area (Å²) in [7, 11) is 1.51. The summed E-state index contributed by atoms with van der Waals surface area (Å²) in [6, 6.07) is 10.3. The maximum atomic E-state index is 12.2. The highest BCUT2D eigenvalue weighted by Gasteiger charge is 2.18. The molecular weight excluding hydrogens is 484 g/mol. The van der Waals surface area contributed by atoms with E-state index in [4.69, 9.17) is 9.47 Å². The Morgan fingerprint density at radius 2 is 1.90 bits per heavy atom. The van der Waals surface area contributed by atoms with Gasteiger partial charge in [-0.05, 0) is 55.2 Å². The number of carbonyl (C=O) groups is 2. The molecule has 0 aromatic heterocycles. The van der Waals surface area contributed by atoms with Gasteiger partial charge in [-0.3, -0.25) is 9.59 Å². The molecule has 1 unspecified atom stereocenters. The fourth-order valence-corrected chi connectivity index (χ4v) is 3.68. The van der Waals surface area contributed by atoms with Crippen molar-refractivity contribution in [2.24, 2.45) is 0 Å². The Labute approximate surface area is 195 Å². The topological polar surface area (TPSA) is 96.9 Å². The van der Waals surface area contributed by atoms with E-state index in [2.05, 4.69) is 26.6 Å². The van der Waals surface area contributed by atoms with Crippen molar-refractivity contribution in [1.82, 2.24) is 5.32 Å². The SMILES string of the molecule is COc1cc(CNC(CCSC)C(=O)O)c(Br)cc1OCC(=O)Nc1ccc(C)cc1. The van der Waals surface area contributed by atoms with Crippen LogP contribution in [-0.4, -0.2) is 48.8 Å². The quantitative estimate of drug-likeness (QED) is 0.395. The Morgan fingerprint density at radius 1 is 1.19 bits per heavy atom. The number of carboxylic acid groups (broad SMARTS) is 1. The molecule has 2 rings (SSSR count). The molecule has 0 spiro atoms. The molecule has 9 heteroatoms. The lowest BCUT2D eigenvalue weighted by molar-refractivity contribution is -0.139. The van der Waals surface area contributed by atoms with Crippen LogP contribution in [0, 0.1) is 6.92 Å². The number of hydrogen-bond donors (Lipinski definition) is 3. The monoisotopic (exact) mass is 510 g/mol. The van der Waals surface area contributed by atoms with Crippen molar-refractivity contribution in [3.05, 3.63) is 52.0 Å². The normalized spacial score (nSPS) is 11.6. The minimum absolute atomic E-state index is 0.177. The maximum Gasteiger partial charge on any atom is 0.320 e. The largest absolute Gasteiger partial charge is 0.493 e. The number of hydrogen-bond acceptors (Lipinski definition) is 6. The Morgan fingerprint density at radius 3 is 2.52 bits per heavy atom. The Kier molecular flexibility index (Phi) is 10.2. The summed E-state index contributed by atoms with van der Waals surface area (Å²) >= 11 is 5.10. The molecule has 0 aliphatic carbocycles. The average molecular weight is 511 g/mol. The predicted molar refractivity (Wildman–Crippen MR) is 127 cm³/mol. The van der Waals surface area contributed by atoms with Crippen molar-refractivity contribution in [3.8, 4) is 11.5 Å². The number of methoxy groups -OCH3 is 1. The molecule has 0 aliphatic rings. The summed E-state index contributed by atoms with van der Waals surface area (Å²) < 4.78 is 11.8. The van der Waals surface area contributed by atoms with E-state index in [1.807, 2.05) is 37.4 Å². The van der Waals surface area contributed by atoms with Gasteiger partial charge in [0.15, 0.2) is 18.1 Å². The van der Waals surface area contributed by atoms with Crippen LogP contribution in [0.2, 0.25) is 0 Å². The molecule has 0 saturated carbocycles. The van der Waals surface area contributed by atoms with Gasteiger partial charge in [0.1, 0.15) is 6.04 Å². The minimum atomic E-state index is -0.878. The number of rotatable bonds is 12. The summed E-state index contributed by atoms with van der Waals surface area (Å²) in [6.07, 6.45) is 2.47. The summed E-state index contributed by atoms with van der Waals surface area (Å²) in [5.41, 5.74) is 2.63. The van der Waals surface area contributed by atoms with Crippen molar-refractivity contribution in [2.45, 2.75) is 25.9 Å². The number of benzene rings is 2. The molecule has 7 nitrogen and oxygen atoms in total. The number of carboxylic acids is 1. The highest BCUT2D eigenvalue weighted by atomic mass is 79.9. The van der Waals surface area contributed by atoms with E-state index in [1.54, 1.807) is 23.9 Å². The summed E-state index contributed by atoms with van der Waals surface area (Å²) in [5, 5.41) is 15.2. The highest BCUT2D eigenvalue weighted by molar-refractivity contribution is 9.10. The van der Waals surface area contributed by atoms with Gasteiger partial charge >= 0.3 is 5.97 Å². The third-order valence-corrected chi connectivity index (χ3v) is 5.86. The average Bonchev–Trinajstić information content (AvgIpc) is 2.74. The predicted octanol–water partition coefficient (Wildman–Crippen LogP) is 4.08. The Hall–Kier alpha value is -2.23. The number of nitrogens with one attached hydrogen (secondary N) is 2. The second kappa shape index (κ2) is 12.6. The molecule has 0 aliphatic heterocycles. The van der Waals surface area contributed by atoms with E-state index < -0.39 is 12.0 Å². The van der Waals surface area contributed by atoms with Crippen LogP contribution in [0.4, 0.5) is 5.69 Å². The van der Waals surface area contributed by atoms with Gasteiger partial charge in [0.2, 0.25) is 0 Å². The van der Waals surface area contributed by atoms with Crippen LogP contribution >= 0.6 is 27.7 Å². The molecule has 2 aromatic carbocycles. The van der Waals surface area contributed by atoms with E-state index in [1.165, 1.54) is 7.11 Å². The zero-order valence-electron chi connectivity index (χ0n) is 17.7. The van der Waals surface area contributed by atoms with Crippen molar-refractivity contribution in [2.75, 3.05) is 31.0 Å². The second-order valence-corrected chi connectivity index (χ2v) is 8.69. The maximum absolute atomic E-state index is 12.2.